The summed E-state index contributed by atoms with van der Waals surface area (Å²) in [4.78, 5) is 14.2. The van der Waals surface area contributed by atoms with Gasteiger partial charge in [0.2, 0.25) is 10.0 Å². The third-order valence-electron chi connectivity index (χ3n) is 5.01. The molecule has 0 aliphatic carbocycles. The molecule has 0 bridgehead atoms. The molecule has 1 atom stereocenters. The lowest BCUT2D eigenvalue weighted by molar-refractivity contribution is 0.0600. The number of nitrogens with one attached hydrogen (secondary N) is 1. The molecule has 2 aliphatic rings. The van der Waals surface area contributed by atoms with Crippen LogP contribution in [0.2, 0.25) is 0 Å². The molecule has 1 aromatic carbocycles. The quantitative estimate of drug-likeness (QED) is 0.751. The van der Waals surface area contributed by atoms with Crippen LogP contribution in [-0.2, 0) is 14.8 Å². The fraction of sp³-hybridized carbons (Fsp3) is 0.588. The van der Waals surface area contributed by atoms with Gasteiger partial charge in [0.25, 0.3) is 0 Å². The molecule has 0 aromatic heterocycles. The van der Waals surface area contributed by atoms with Gasteiger partial charge in [0.15, 0.2) is 0 Å². The first-order valence-electron chi connectivity index (χ1n) is 8.57. The molecule has 1 N–H and O–H groups in total. The number of aryl methyl sites for hydroxylation is 1. The summed E-state index contributed by atoms with van der Waals surface area (Å²) in [6.45, 7) is 6.62. The van der Waals surface area contributed by atoms with Gasteiger partial charge in [-0.3, -0.25) is 4.90 Å². The maximum absolute atomic E-state index is 13.0. The highest BCUT2D eigenvalue weighted by Crippen LogP contribution is 2.26. The monoisotopic (exact) mass is 403 g/mol. The van der Waals surface area contributed by atoms with E-state index in [2.05, 4.69) is 15.0 Å². The van der Waals surface area contributed by atoms with E-state index in [-0.39, 0.29) is 23.3 Å². The minimum Gasteiger partial charge on any atom is -0.465 e. The summed E-state index contributed by atoms with van der Waals surface area (Å²) in [5, 5.41) is 3.32. The van der Waals surface area contributed by atoms with Crippen molar-refractivity contribution >= 4 is 28.4 Å². The number of esters is 1. The Bertz CT molecular complexity index is 750. The van der Waals surface area contributed by atoms with Crippen LogP contribution in [0.25, 0.3) is 0 Å². The molecule has 1 aromatic rings. The van der Waals surface area contributed by atoms with Crippen LogP contribution in [0.1, 0.15) is 22.3 Å². The highest BCUT2D eigenvalue weighted by Gasteiger charge is 2.36. The van der Waals surface area contributed by atoms with E-state index < -0.39 is 16.0 Å². The van der Waals surface area contributed by atoms with Gasteiger partial charge in [-0.1, -0.05) is 0 Å². The van der Waals surface area contributed by atoms with Gasteiger partial charge in [-0.2, -0.15) is 4.31 Å². The summed E-state index contributed by atoms with van der Waals surface area (Å²) in [6, 6.07) is 4.87. The average molecular weight is 404 g/mol. The molecule has 0 spiro atoms. The van der Waals surface area contributed by atoms with E-state index in [4.69, 9.17) is 0 Å². The number of methoxy groups -OCH3 is 1. The SMILES string of the molecule is COC(=O)c1ccc(S(=O)(=O)N2CCC(N3CCNCC3)C2)c(C)c1.Cl. The second-order valence-corrected chi connectivity index (χ2v) is 8.47. The predicted octanol–water partition coefficient (Wildman–Crippen LogP) is 0.872. The average Bonchev–Trinajstić information content (AvgIpc) is 3.12. The van der Waals surface area contributed by atoms with E-state index in [9.17, 15) is 13.2 Å². The van der Waals surface area contributed by atoms with Gasteiger partial charge >= 0.3 is 5.97 Å². The highest BCUT2D eigenvalue weighted by molar-refractivity contribution is 7.89. The topological polar surface area (TPSA) is 79.0 Å². The van der Waals surface area contributed by atoms with Crippen LogP contribution < -0.4 is 5.32 Å². The first-order valence-corrected chi connectivity index (χ1v) is 10.0. The van der Waals surface area contributed by atoms with E-state index >= 15 is 0 Å². The van der Waals surface area contributed by atoms with E-state index in [0.29, 0.717) is 24.2 Å². The number of carbonyl (C=O) groups excluding carboxylic acids is 1. The Morgan fingerprint density at radius 1 is 1.23 bits per heavy atom. The van der Waals surface area contributed by atoms with Crippen molar-refractivity contribution in [2.45, 2.75) is 24.3 Å². The maximum atomic E-state index is 13.0. The number of hydrogen-bond donors (Lipinski definition) is 1. The highest BCUT2D eigenvalue weighted by atomic mass is 35.5. The van der Waals surface area contributed by atoms with Crippen molar-refractivity contribution in [1.29, 1.82) is 0 Å². The molecule has 2 saturated heterocycles. The Kier molecular flexibility index (Phi) is 7.04. The van der Waals surface area contributed by atoms with Gasteiger partial charge < -0.3 is 10.1 Å². The van der Waals surface area contributed by atoms with Gasteiger partial charge in [0.1, 0.15) is 0 Å². The molecule has 3 rings (SSSR count). The van der Waals surface area contributed by atoms with Crippen LogP contribution in [0.3, 0.4) is 0 Å². The van der Waals surface area contributed by atoms with E-state index in [1.165, 1.54) is 19.2 Å². The van der Waals surface area contributed by atoms with Crippen molar-refractivity contribution < 1.29 is 17.9 Å². The zero-order valence-corrected chi connectivity index (χ0v) is 16.7. The van der Waals surface area contributed by atoms with Crippen LogP contribution >= 0.6 is 12.4 Å². The summed E-state index contributed by atoms with van der Waals surface area (Å²) in [5.74, 6) is -0.466. The van der Waals surface area contributed by atoms with Gasteiger partial charge in [0.05, 0.1) is 17.6 Å². The van der Waals surface area contributed by atoms with Gasteiger partial charge in [0, 0.05) is 45.3 Å². The second kappa shape index (κ2) is 8.67. The molecular weight excluding hydrogens is 378 g/mol. The van der Waals surface area contributed by atoms with Crippen LogP contribution in [0, 0.1) is 6.92 Å². The Labute approximate surface area is 161 Å². The van der Waals surface area contributed by atoms with Crippen molar-refractivity contribution in [3.05, 3.63) is 29.3 Å². The third-order valence-corrected chi connectivity index (χ3v) is 7.03. The first kappa shape index (κ1) is 21.1. The summed E-state index contributed by atoms with van der Waals surface area (Å²) in [5.41, 5.74) is 0.924. The van der Waals surface area contributed by atoms with Gasteiger partial charge in [-0.25, -0.2) is 13.2 Å². The summed E-state index contributed by atoms with van der Waals surface area (Å²) in [7, 11) is -2.24. The minimum absolute atomic E-state index is 0. The molecule has 7 nitrogen and oxygen atoms in total. The number of ether oxygens (including phenoxy) is 1. The molecule has 1 unspecified atom stereocenters. The number of benzene rings is 1. The zero-order valence-electron chi connectivity index (χ0n) is 15.1. The number of hydrogen-bond acceptors (Lipinski definition) is 6. The van der Waals surface area contributed by atoms with Crippen LogP contribution in [0.4, 0.5) is 0 Å². The number of carbonyl (C=O) groups is 1. The zero-order chi connectivity index (χ0) is 18.0. The molecule has 0 saturated carbocycles. The predicted molar refractivity (Wildman–Crippen MR) is 101 cm³/mol. The number of piperazine rings is 1. The fourth-order valence-electron chi connectivity index (χ4n) is 3.60. The van der Waals surface area contributed by atoms with Crippen LogP contribution in [0.15, 0.2) is 23.1 Å². The van der Waals surface area contributed by atoms with E-state index in [1.54, 1.807) is 17.3 Å². The first-order chi connectivity index (χ1) is 11.9. The largest absolute Gasteiger partial charge is 0.465 e. The number of rotatable bonds is 4. The van der Waals surface area contributed by atoms with Crippen molar-refractivity contribution in [3.8, 4) is 0 Å². The van der Waals surface area contributed by atoms with Crippen molar-refractivity contribution in [2.75, 3.05) is 46.4 Å². The molecule has 2 fully saturated rings. The van der Waals surface area contributed by atoms with Crippen molar-refractivity contribution in [3.63, 3.8) is 0 Å². The van der Waals surface area contributed by atoms with Gasteiger partial charge in [-0.15, -0.1) is 12.4 Å². The Morgan fingerprint density at radius 2 is 1.92 bits per heavy atom. The summed E-state index contributed by atoms with van der Waals surface area (Å²) < 4.78 is 32.3. The number of nitrogens with zero attached hydrogens (tertiary/aromatic N) is 2. The summed E-state index contributed by atoms with van der Waals surface area (Å²) in [6.07, 6.45) is 0.860. The van der Waals surface area contributed by atoms with Gasteiger partial charge in [-0.05, 0) is 37.1 Å². The standard InChI is InChI=1S/C17H25N3O4S.ClH/c1-13-11-14(17(21)24-2)3-4-16(13)25(22,23)20-8-5-15(12-20)19-9-6-18-7-10-19;/h3-4,11,15,18H,5-10,12H2,1-2H3;1H. The molecule has 2 aliphatic heterocycles. The molecule has 0 radical (unpaired) electrons. The molecular formula is C17H26ClN3O4S. The second-order valence-electron chi connectivity index (χ2n) is 6.56. The third kappa shape index (κ3) is 4.20. The van der Waals surface area contributed by atoms with E-state index in [0.717, 1.165) is 32.6 Å². The van der Waals surface area contributed by atoms with E-state index in [1.807, 2.05) is 0 Å². The van der Waals surface area contributed by atoms with Crippen LogP contribution in [0.5, 0.6) is 0 Å². The molecule has 26 heavy (non-hydrogen) atoms. The van der Waals surface area contributed by atoms with Crippen molar-refractivity contribution in [1.82, 2.24) is 14.5 Å². The Morgan fingerprint density at radius 3 is 2.54 bits per heavy atom. The molecule has 0 amide bonds. The fourth-order valence-corrected chi connectivity index (χ4v) is 5.30. The number of halogens is 1. The van der Waals surface area contributed by atoms with Crippen LogP contribution in [-0.4, -0.2) is 76.0 Å². The Hall–Kier alpha value is -1.19. The molecule has 2 heterocycles. The van der Waals surface area contributed by atoms with Crippen molar-refractivity contribution in [2.24, 2.45) is 0 Å². The lowest BCUT2D eigenvalue weighted by Crippen LogP contribution is -2.49. The maximum Gasteiger partial charge on any atom is 0.337 e. The smallest absolute Gasteiger partial charge is 0.337 e. The lowest BCUT2D eigenvalue weighted by atomic mass is 10.1. The normalized spacial score (nSPS) is 22.0. The lowest BCUT2D eigenvalue weighted by Gasteiger charge is -2.32. The minimum atomic E-state index is -3.55. The number of sulfonamides is 1. The summed E-state index contributed by atoms with van der Waals surface area (Å²) >= 11 is 0. The Balaban J connectivity index is 0.00000243. The molecule has 146 valence electrons. The molecule has 9 heteroatoms.